The number of aromatic nitrogens is 4. The first kappa shape index (κ1) is 32.7. The second-order valence-electron chi connectivity index (χ2n) is 14.6. The largest absolute Gasteiger partial charge is 0.435 e. The summed E-state index contributed by atoms with van der Waals surface area (Å²) in [5, 5.41) is 9.27. The lowest BCUT2D eigenvalue weighted by atomic mass is 9.93. The van der Waals surface area contributed by atoms with Crippen LogP contribution in [0.4, 0.5) is 0 Å². The van der Waals surface area contributed by atoms with Crippen LogP contribution in [0.1, 0.15) is 0 Å². The van der Waals surface area contributed by atoms with E-state index in [0.29, 0.717) is 23.4 Å². The average Bonchev–Trinajstić information content (AvgIpc) is 3.91. The van der Waals surface area contributed by atoms with Crippen molar-refractivity contribution in [1.82, 2.24) is 19.9 Å². The highest BCUT2D eigenvalue weighted by Gasteiger charge is 2.22. The summed E-state index contributed by atoms with van der Waals surface area (Å²) >= 11 is 1.79. The minimum atomic E-state index is 0.573. The Morgan fingerprint density at radius 2 is 0.966 bits per heavy atom. The maximum absolute atomic E-state index is 6.71. The van der Waals surface area contributed by atoms with Crippen molar-refractivity contribution in [3.05, 3.63) is 182 Å². The number of hydrogen-bond donors (Lipinski definition) is 0. The van der Waals surface area contributed by atoms with Crippen LogP contribution in [-0.2, 0) is 0 Å². The van der Waals surface area contributed by atoms with Gasteiger partial charge in [-0.25, -0.2) is 19.9 Å². The fourth-order valence-electron chi connectivity index (χ4n) is 8.42. The maximum Gasteiger partial charge on any atom is 0.227 e. The molecule has 0 unspecified atom stereocenters. The molecule has 6 heteroatoms. The third kappa shape index (κ3) is 5.23. The molecule has 0 amide bonds. The Hall–Kier alpha value is -7.54. The van der Waals surface area contributed by atoms with E-state index in [0.717, 1.165) is 55.1 Å². The van der Waals surface area contributed by atoms with Gasteiger partial charge in [-0.1, -0.05) is 146 Å². The third-order valence-electron chi connectivity index (χ3n) is 11.1. The first-order chi connectivity index (χ1) is 28.7. The number of thiophene rings is 1. The van der Waals surface area contributed by atoms with Gasteiger partial charge < -0.3 is 4.42 Å². The van der Waals surface area contributed by atoms with Crippen LogP contribution in [0.15, 0.2) is 186 Å². The second kappa shape index (κ2) is 13.0. The van der Waals surface area contributed by atoms with Crippen molar-refractivity contribution in [2.45, 2.75) is 0 Å². The highest BCUT2D eigenvalue weighted by Crippen LogP contribution is 2.45. The summed E-state index contributed by atoms with van der Waals surface area (Å²) in [6.45, 7) is 0. The Bertz CT molecular complexity index is 3560. The SMILES string of the molecule is c1ccc(-c2nc(-c3ccc(-c4cc5ccccc5c5ccccc45)cc3)nc(-c3cc4nc(-c5ccccc5)oc4c4c3ccc3sc5ccccc5c34)n2)cc1. The number of nitrogens with zero attached hydrogens (tertiary/aromatic N) is 4. The van der Waals surface area contributed by atoms with Crippen LogP contribution in [-0.4, -0.2) is 19.9 Å². The van der Waals surface area contributed by atoms with E-state index in [1.807, 2.05) is 60.7 Å². The highest BCUT2D eigenvalue weighted by atomic mass is 32.1. The van der Waals surface area contributed by atoms with Crippen molar-refractivity contribution in [2.75, 3.05) is 0 Å². The van der Waals surface area contributed by atoms with Crippen LogP contribution < -0.4 is 0 Å². The highest BCUT2D eigenvalue weighted by molar-refractivity contribution is 7.26. The first-order valence-corrected chi connectivity index (χ1v) is 20.1. The van der Waals surface area contributed by atoms with Crippen LogP contribution >= 0.6 is 11.3 Å². The molecule has 0 aliphatic rings. The van der Waals surface area contributed by atoms with Crippen LogP contribution in [0.5, 0.6) is 0 Å². The molecule has 12 aromatic rings. The van der Waals surface area contributed by atoms with Crippen LogP contribution in [0.3, 0.4) is 0 Å². The molecule has 0 fully saturated rings. The molecule has 0 N–H and O–H groups in total. The van der Waals surface area contributed by atoms with Gasteiger partial charge in [0.05, 0.1) is 0 Å². The molecule has 270 valence electrons. The molecule has 9 aromatic carbocycles. The molecule has 0 bridgehead atoms. The standard InChI is InChI=1S/C52H30N4OS/c1-3-13-32(14-4-1)49-54-50(33-25-23-31(24-26-33)41-29-35-17-7-8-18-36(35)37-19-9-10-20-38(37)41)56-51(55-49)42-30-43-48(57-52(53-43)34-15-5-2-6-16-34)47-39(42)27-28-45-46(47)40-21-11-12-22-44(40)58-45/h1-30H. The van der Waals surface area contributed by atoms with E-state index in [4.69, 9.17) is 24.4 Å². The predicted molar refractivity (Wildman–Crippen MR) is 240 cm³/mol. The molecule has 3 heterocycles. The van der Waals surface area contributed by atoms with Gasteiger partial charge in [0.15, 0.2) is 23.1 Å². The van der Waals surface area contributed by atoms with Crippen molar-refractivity contribution in [1.29, 1.82) is 0 Å². The van der Waals surface area contributed by atoms with Crippen molar-refractivity contribution in [3.8, 4) is 56.7 Å². The monoisotopic (exact) mass is 758 g/mol. The molecule has 0 saturated heterocycles. The summed E-state index contributed by atoms with van der Waals surface area (Å²) in [6, 6.07) is 63.4. The number of hydrogen-bond acceptors (Lipinski definition) is 6. The van der Waals surface area contributed by atoms with Gasteiger partial charge >= 0.3 is 0 Å². The minimum Gasteiger partial charge on any atom is -0.435 e. The molecule has 0 aliphatic carbocycles. The van der Waals surface area contributed by atoms with Crippen molar-refractivity contribution in [3.63, 3.8) is 0 Å². The van der Waals surface area contributed by atoms with Gasteiger partial charge in [-0.2, -0.15) is 0 Å². The summed E-state index contributed by atoms with van der Waals surface area (Å²) in [7, 11) is 0. The Morgan fingerprint density at radius 3 is 1.74 bits per heavy atom. The summed E-state index contributed by atoms with van der Waals surface area (Å²) in [6.07, 6.45) is 0. The van der Waals surface area contributed by atoms with E-state index in [9.17, 15) is 0 Å². The molecule has 0 atom stereocenters. The van der Waals surface area contributed by atoms with Crippen LogP contribution in [0, 0.1) is 0 Å². The molecule has 5 nitrogen and oxygen atoms in total. The van der Waals surface area contributed by atoms with Gasteiger partial charge in [-0.05, 0) is 74.5 Å². The maximum atomic E-state index is 6.71. The molecule has 0 spiro atoms. The quantitative estimate of drug-likeness (QED) is 0.164. The van der Waals surface area contributed by atoms with Gasteiger partial charge in [-0.3, -0.25) is 0 Å². The fraction of sp³-hybridized carbons (Fsp3) is 0. The summed E-state index contributed by atoms with van der Waals surface area (Å²) in [4.78, 5) is 20.7. The lowest BCUT2D eigenvalue weighted by Gasteiger charge is -2.13. The Morgan fingerprint density at radius 1 is 0.362 bits per heavy atom. The zero-order chi connectivity index (χ0) is 38.2. The summed E-state index contributed by atoms with van der Waals surface area (Å²) in [5.41, 5.74) is 7.43. The number of rotatable bonds is 5. The number of oxazole rings is 1. The van der Waals surface area contributed by atoms with Crippen molar-refractivity contribution in [2.24, 2.45) is 0 Å². The van der Waals surface area contributed by atoms with E-state index in [1.165, 1.54) is 41.9 Å². The Balaban J connectivity index is 1.08. The first-order valence-electron chi connectivity index (χ1n) is 19.3. The molecular weight excluding hydrogens is 729 g/mol. The van der Waals surface area contributed by atoms with E-state index in [2.05, 4.69) is 121 Å². The third-order valence-corrected chi connectivity index (χ3v) is 12.3. The molecule has 0 saturated carbocycles. The summed E-state index contributed by atoms with van der Waals surface area (Å²) < 4.78 is 9.12. The molecule has 3 aromatic heterocycles. The fourth-order valence-corrected chi connectivity index (χ4v) is 9.54. The zero-order valence-corrected chi connectivity index (χ0v) is 31.7. The van der Waals surface area contributed by atoms with Gasteiger partial charge in [0.2, 0.25) is 5.89 Å². The topological polar surface area (TPSA) is 64.7 Å². The van der Waals surface area contributed by atoms with Crippen LogP contribution in [0.2, 0.25) is 0 Å². The smallest absolute Gasteiger partial charge is 0.227 e. The van der Waals surface area contributed by atoms with Crippen molar-refractivity contribution < 1.29 is 4.42 Å². The Kier molecular flexibility index (Phi) is 7.33. The van der Waals surface area contributed by atoms with Crippen LogP contribution in [0.25, 0.3) is 120 Å². The van der Waals surface area contributed by atoms with E-state index < -0.39 is 0 Å². The molecular formula is C52H30N4OS. The lowest BCUT2D eigenvalue weighted by Crippen LogP contribution is -2.00. The number of benzene rings is 9. The molecule has 58 heavy (non-hydrogen) atoms. The van der Waals surface area contributed by atoms with Crippen molar-refractivity contribution >= 4 is 74.9 Å². The average molecular weight is 759 g/mol. The van der Waals surface area contributed by atoms with Gasteiger partial charge in [0.1, 0.15) is 5.52 Å². The lowest BCUT2D eigenvalue weighted by molar-refractivity contribution is 0.623. The minimum absolute atomic E-state index is 0.573. The second-order valence-corrected chi connectivity index (χ2v) is 15.6. The number of fused-ring (bicyclic) bond motifs is 10. The molecule has 0 radical (unpaired) electrons. The zero-order valence-electron chi connectivity index (χ0n) is 30.9. The van der Waals surface area contributed by atoms with Gasteiger partial charge in [0, 0.05) is 47.8 Å². The normalized spacial score (nSPS) is 11.8. The summed E-state index contributed by atoms with van der Waals surface area (Å²) in [5.74, 6) is 2.35. The predicted octanol–water partition coefficient (Wildman–Crippen LogP) is 14.2. The van der Waals surface area contributed by atoms with E-state index in [1.54, 1.807) is 11.3 Å². The van der Waals surface area contributed by atoms with E-state index in [-0.39, 0.29) is 0 Å². The Labute approximate surface area is 336 Å². The molecule has 0 aliphatic heterocycles. The molecule has 12 rings (SSSR count). The van der Waals surface area contributed by atoms with E-state index >= 15 is 0 Å². The van der Waals surface area contributed by atoms with Gasteiger partial charge in [0.25, 0.3) is 0 Å². The van der Waals surface area contributed by atoms with Gasteiger partial charge in [-0.15, -0.1) is 11.3 Å².